The molecule has 0 saturated heterocycles. The van der Waals surface area contributed by atoms with Gasteiger partial charge in [-0.15, -0.1) is 5.10 Å². The largest absolute Gasteiger partial charge is 0.330 e. The summed E-state index contributed by atoms with van der Waals surface area (Å²) >= 11 is 11.8. The van der Waals surface area contributed by atoms with E-state index >= 15 is 0 Å². The van der Waals surface area contributed by atoms with Gasteiger partial charge in [0.2, 0.25) is 0 Å². The fraction of sp³-hybridized carbons (Fsp3) is 0.214. The predicted octanol–water partition coefficient (Wildman–Crippen LogP) is 2.36. The molecule has 5 nitrogen and oxygen atoms in total. The summed E-state index contributed by atoms with van der Waals surface area (Å²) in [4.78, 5) is 11.9. The normalized spacial score (nSPS) is 12.8. The van der Waals surface area contributed by atoms with Gasteiger partial charge in [-0.1, -0.05) is 35.3 Å². The molecule has 1 aromatic heterocycles. The third kappa shape index (κ3) is 3.43. The van der Waals surface area contributed by atoms with Crippen LogP contribution in [0.15, 0.2) is 45.3 Å². The average Bonchev–Trinajstić information content (AvgIpc) is 2.48. The second kappa shape index (κ2) is 6.28. The van der Waals surface area contributed by atoms with E-state index in [0.717, 1.165) is 5.56 Å². The third-order valence-electron chi connectivity index (χ3n) is 3.05. The fourth-order valence-electron chi connectivity index (χ4n) is 1.69. The maximum atomic E-state index is 11.9. The second-order valence-corrected chi connectivity index (χ2v) is 5.34. The molecule has 0 aliphatic rings. The first-order chi connectivity index (χ1) is 9.90. The first kappa shape index (κ1) is 15.5. The second-order valence-electron chi connectivity index (χ2n) is 4.52. The number of rotatable bonds is 2. The van der Waals surface area contributed by atoms with Crippen molar-refractivity contribution >= 4 is 28.9 Å². The van der Waals surface area contributed by atoms with Gasteiger partial charge in [0.15, 0.2) is 5.49 Å². The Kier molecular flexibility index (Phi) is 4.65. The van der Waals surface area contributed by atoms with Gasteiger partial charge in [-0.2, -0.15) is 5.10 Å². The van der Waals surface area contributed by atoms with Crippen molar-refractivity contribution in [3.63, 3.8) is 0 Å². The highest BCUT2D eigenvalue weighted by molar-refractivity contribution is 6.30. The smallest absolute Gasteiger partial charge is 0.287 e. The Balaban J connectivity index is 2.48. The number of aromatic nitrogens is 2. The highest BCUT2D eigenvalue weighted by Crippen LogP contribution is 2.10. The molecule has 110 valence electrons. The van der Waals surface area contributed by atoms with Crippen molar-refractivity contribution in [2.75, 3.05) is 0 Å². The summed E-state index contributed by atoms with van der Waals surface area (Å²) < 4.78 is 2.71. The van der Waals surface area contributed by atoms with E-state index in [2.05, 4.69) is 10.2 Å². The Hall–Kier alpha value is -1.85. The molecule has 0 amide bonds. The first-order valence-electron chi connectivity index (χ1n) is 6.17. The summed E-state index contributed by atoms with van der Waals surface area (Å²) in [5.41, 5.74) is 1.74. The van der Waals surface area contributed by atoms with Crippen LogP contribution in [0.3, 0.4) is 0 Å². The van der Waals surface area contributed by atoms with Crippen LogP contribution in [0.2, 0.25) is 10.2 Å². The van der Waals surface area contributed by atoms with Crippen LogP contribution in [0.1, 0.15) is 12.5 Å². The van der Waals surface area contributed by atoms with E-state index in [-0.39, 0.29) is 5.69 Å². The quantitative estimate of drug-likeness (QED) is 0.475. The van der Waals surface area contributed by atoms with E-state index < -0.39 is 0 Å². The summed E-state index contributed by atoms with van der Waals surface area (Å²) in [7, 11) is 3.21. The van der Waals surface area contributed by atoms with E-state index in [1.54, 1.807) is 32.3 Å². The van der Waals surface area contributed by atoms with Gasteiger partial charge in [-0.3, -0.25) is 9.13 Å². The lowest BCUT2D eigenvalue weighted by Gasteiger charge is -2.04. The molecular weight excluding hydrogens is 311 g/mol. The Morgan fingerprint density at radius 2 is 1.71 bits per heavy atom. The highest BCUT2D eigenvalue weighted by Gasteiger charge is 2.02. The van der Waals surface area contributed by atoms with Crippen LogP contribution in [0.5, 0.6) is 0 Å². The van der Waals surface area contributed by atoms with Crippen LogP contribution in [-0.2, 0) is 14.1 Å². The first-order valence-corrected chi connectivity index (χ1v) is 6.92. The molecule has 0 spiro atoms. The molecule has 0 unspecified atom stereocenters. The summed E-state index contributed by atoms with van der Waals surface area (Å²) in [6.07, 6.45) is 0. The molecule has 2 aromatic rings. The molecule has 0 bridgehead atoms. The lowest BCUT2D eigenvalue weighted by Crippen LogP contribution is -2.37. The van der Waals surface area contributed by atoms with Crippen LogP contribution < -0.4 is 11.2 Å². The molecule has 1 aromatic carbocycles. The number of benzene rings is 1. The SMILES string of the molecule is CC(=N/N=c1\cc(Cl)n(C)c(=O)n1C)c1ccc(Cl)cc1. The van der Waals surface area contributed by atoms with E-state index in [1.807, 2.05) is 19.1 Å². The molecule has 0 saturated carbocycles. The van der Waals surface area contributed by atoms with E-state index in [4.69, 9.17) is 23.2 Å². The average molecular weight is 325 g/mol. The van der Waals surface area contributed by atoms with Crippen molar-refractivity contribution in [1.82, 2.24) is 9.13 Å². The monoisotopic (exact) mass is 324 g/mol. The van der Waals surface area contributed by atoms with Crippen molar-refractivity contribution in [1.29, 1.82) is 0 Å². The lowest BCUT2D eigenvalue weighted by molar-refractivity contribution is 0.670. The summed E-state index contributed by atoms with van der Waals surface area (Å²) in [5, 5.41) is 9.19. The van der Waals surface area contributed by atoms with Crippen molar-refractivity contribution in [3.8, 4) is 0 Å². The number of hydrogen-bond acceptors (Lipinski definition) is 3. The summed E-state index contributed by atoms with van der Waals surface area (Å²) in [6, 6.07) is 8.86. The Morgan fingerprint density at radius 3 is 2.33 bits per heavy atom. The molecule has 0 fully saturated rings. The van der Waals surface area contributed by atoms with Crippen LogP contribution in [0, 0.1) is 0 Å². The minimum Gasteiger partial charge on any atom is -0.287 e. The van der Waals surface area contributed by atoms with Gasteiger partial charge in [-0.25, -0.2) is 4.79 Å². The van der Waals surface area contributed by atoms with Gasteiger partial charge >= 0.3 is 5.69 Å². The molecule has 0 radical (unpaired) electrons. The van der Waals surface area contributed by atoms with Gasteiger partial charge in [0.25, 0.3) is 0 Å². The molecule has 7 heteroatoms. The highest BCUT2D eigenvalue weighted by atomic mass is 35.5. The molecular formula is C14H14Cl2N4O. The van der Waals surface area contributed by atoms with Crippen LogP contribution >= 0.6 is 23.2 Å². The van der Waals surface area contributed by atoms with Crippen LogP contribution in [0.25, 0.3) is 0 Å². The summed E-state index contributed by atoms with van der Waals surface area (Å²) in [6.45, 7) is 1.83. The standard InChI is InChI=1S/C14H14Cl2N4O/c1-9(10-4-6-11(15)7-5-10)17-18-13-8-12(16)19(2)14(21)20(13)3/h4-8H,1-3H3/b17-9?,18-13+. The predicted molar refractivity (Wildman–Crippen MR) is 84.9 cm³/mol. The van der Waals surface area contributed by atoms with Crippen LogP contribution in [0.4, 0.5) is 0 Å². The topological polar surface area (TPSA) is 51.6 Å². The fourth-order valence-corrected chi connectivity index (χ4v) is 1.98. The van der Waals surface area contributed by atoms with Crippen molar-refractivity contribution in [2.24, 2.45) is 24.3 Å². The maximum Gasteiger partial charge on any atom is 0.330 e. The zero-order chi connectivity index (χ0) is 15.6. The van der Waals surface area contributed by atoms with Gasteiger partial charge in [0, 0.05) is 25.2 Å². The summed E-state index contributed by atoms with van der Waals surface area (Å²) in [5.74, 6) is 0. The minimum absolute atomic E-state index is 0.263. The molecule has 0 N–H and O–H groups in total. The molecule has 0 aliphatic carbocycles. The van der Waals surface area contributed by atoms with E-state index in [9.17, 15) is 4.79 Å². The number of hydrogen-bond donors (Lipinski definition) is 0. The molecule has 0 atom stereocenters. The minimum atomic E-state index is -0.263. The van der Waals surface area contributed by atoms with Gasteiger partial charge in [0.1, 0.15) is 5.15 Å². The molecule has 2 rings (SSSR count). The number of halogens is 2. The molecule has 1 heterocycles. The van der Waals surface area contributed by atoms with Gasteiger partial charge < -0.3 is 0 Å². The molecule has 0 aliphatic heterocycles. The Labute approximate surface area is 131 Å². The van der Waals surface area contributed by atoms with Gasteiger partial charge in [-0.05, 0) is 24.6 Å². The van der Waals surface area contributed by atoms with Crippen molar-refractivity contribution in [3.05, 3.63) is 62.0 Å². The van der Waals surface area contributed by atoms with Crippen molar-refractivity contribution in [2.45, 2.75) is 6.92 Å². The zero-order valence-corrected chi connectivity index (χ0v) is 13.4. The molecule has 21 heavy (non-hydrogen) atoms. The number of nitrogens with zero attached hydrogens (tertiary/aromatic N) is 4. The van der Waals surface area contributed by atoms with E-state index in [1.165, 1.54) is 9.13 Å². The Morgan fingerprint density at radius 1 is 1.10 bits per heavy atom. The van der Waals surface area contributed by atoms with Gasteiger partial charge in [0.05, 0.1) is 5.71 Å². The van der Waals surface area contributed by atoms with Crippen LogP contribution in [-0.4, -0.2) is 14.8 Å². The van der Waals surface area contributed by atoms with E-state index in [0.29, 0.717) is 21.4 Å². The Bertz CT molecular complexity index is 816. The third-order valence-corrected chi connectivity index (χ3v) is 3.67. The lowest BCUT2D eigenvalue weighted by atomic mass is 10.1. The van der Waals surface area contributed by atoms with Crippen molar-refractivity contribution < 1.29 is 0 Å². The zero-order valence-electron chi connectivity index (χ0n) is 11.8. The maximum absolute atomic E-state index is 11.9.